The summed E-state index contributed by atoms with van der Waals surface area (Å²) in [4.78, 5) is 14.8. The van der Waals surface area contributed by atoms with Gasteiger partial charge in [0.2, 0.25) is 0 Å². The van der Waals surface area contributed by atoms with Crippen LogP contribution < -0.4 is 0 Å². The minimum atomic E-state index is 0.324. The number of carbonyl (C=O) groups is 1. The molecule has 2 aromatic rings. The maximum atomic E-state index is 10.7. The predicted octanol–water partition coefficient (Wildman–Crippen LogP) is 2.65. The van der Waals surface area contributed by atoms with Crippen LogP contribution >= 0.6 is 0 Å². The quantitative estimate of drug-likeness (QED) is 0.760. The number of aromatic nitrogens is 3. The van der Waals surface area contributed by atoms with Crippen molar-refractivity contribution < 1.29 is 4.79 Å². The predicted molar refractivity (Wildman–Crippen MR) is 66.0 cm³/mol. The van der Waals surface area contributed by atoms with Crippen molar-refractivity contribution in [2.75, 3.05) is 0 Å². The topological polar surface area (TPSA) is 47.8 Å². The highest BCUT2D eigenvalue weighted by Gasteiger charge is 2.09. The van der Waals surface area contributed by atoms with Crippen LogP contribution in [0.2, 0.25) is 0 Å². The first-order valence-corrected chi connectivity index (χ1v) is 5.58. The molecule has 0 saturated heterocycles. The number of nitrogens with zero attached hydrogens (tertiary/aromatic N) is 3. The highest BCUT2D eigenvalue weighted by atomic mass is 16.1. The van der Waals surface area contributed by atoms with Gasteiger partial charge >= 0.3 is 0 Å². The van der Waals surface area contributed by atoms with Gasteiger partial charge in [0, 0.05) is 41.3 Å². The van der Waals surface area contributed by atoms with E-state index in [4.69, 9.17) is 0 Å². The molecule has 0 N–H and O–H groups in total. The molecule has 0 radical (unpaired) electrons. The molecule has 0 atom stereocenters. The molecule has 0 aliphatic heterocycles. The van der Waals surface area contributed by atoms with Crippen LogP contribution in [0.4, 0.5) is 0 Å². The Bertz CT molecular complexity index is 543. The van der Waals surface area contributed by atoms with E-state index in [9.17, 15) is 4.79 Å². The van der Waals surface area contributed by atoms with E-state index in [1.165, 1.54) is 0 Å². The summed E-state index contributed by atoms with van der Waals surface area (Å²) in [7, 11) is 0. The lowest BCUT2D eigenvalue weighted by Gasteiger charge is -2.03. The van der Waals surface area contributed by atoms with Gasteiger partial charge in [0.15, 0.2) is 6.29 Å². The molecule has 0 aliphatic rings. The molecule has 17 heavy (non-hydrogen) atoms. The van der Waals surface area contributed by atoms with Gasteiger partial charge in [-0.2, -0.15) is 5.10 Å². The Labute approximate surface area is 100 Å². The van der Waals surface area contributed by atoms with Crippen LogP contribution in [0.3, 0.4) is 0 Å². The molecule has 0 amide bonds. The standard InChI is InChI=1S/C13H15N3O/c1-9(2)16-7-13(10(3)15-16)12-4-11(8-17)5-14-6-12/h4-9H,1-3H3. The average Bonchev–Trinajstić information content (AvgIpc) is 2.72. The summed E-state index contributed by atoms with van der Waals surface area (Å²) >= 11 is 0. The number of hydrogen-bond acceptors (Lipinski definition) is 3. The number of hydrogen-bond donors (Lipinski definition) is 0. The molecule has 2 heterocycles. The molecule has 2 aromatic heterocycles. The zero-order valence-corrected chi connectivity index (χ0v) is 10.2. The van der Waals surface area contributed by atoms with Crippen molar-refractivity contribution in [3.63, 3.8) is 0 Å². The molecule has 0 unspecified atom stereocenters. The number of rotatable bonds is 3. The van der Waals surface area contributed by atoms with Gasteiger partial charge in [0.05, 0.1) is 5.69 Å². The molecule has 0 bridgehead atoms. The Kier molecular flexibility index (Phi) is 3.04. The Morgan fingerprint density at radius 2 is 2.12 bits per heavy atom. The maximum Gasteiger partial charge on any atom is 0.151 e. The van der Waals surface area contributed by atoms with E-state index >= 15 is 0 Å². The zero-order valence-electron chi connectivity index (χ0n) is 10.2. The fraction of sp³-hybridized carbons (Fsp3) is 0.308. The van der Waals surface area contributed by atoms with E-state index < -0.39 is 0 Å². The number of aryl methyl sites for hydroxylation is 1. The largest absolute Gasteiger partial charge is 0.298 e. The number of pyridine rings is 1. The number of aldehydes is 1. The fourth-order valence-electron chi connectivity index (χ4n) is 1.70. The van der Waals surface area contributed by atoms with E-state index in [0.29, 0.717) is 11.6 Å². The van der Waals surface area contributed by atoms with Crippen LogP contribution in [-0.2, 0) is 0 Å². The lowest BCUT2D eigenvalue weighted by Crippen LogP contribution is -2.00. The van der Waals surface area contributed by atoms with Crippen LogP contribution in [0.25, 0.3) is 11.1 Å². The smallest absolute Gasteiger partial charge is 0.151 e. The van der Waals surface area contributed by atoms with Gasteiger partial charge in [0.1, 0.15) is 0 Å². The van der Waals surface area contributed by atoms with Gasteiger partial charge in [-0.25, -0.2) is 0 Å². The second-order valence-electron chi connectivity index (χ2n) is 4.33. The summed E-state index contributed by atoms with van der Waals surface area (Å²) in [6.07, 6.45) is 6.10. The minimum Gasteiger partial charge on any atom is -0.298 e. The zero-order chi connectivity index (χ0) is 12.4. The van der Waals surface area contributed by atoms with Gasteiger partial charge in [-0.1, -0.05) is 0 Å². The summed E-state index contributed by atoms with van der Waals surface area (Å²) in [5, 5.41) is 4.44. The third kappa shape index (κ3) is 2.25. The van der Waals surface area contributed by atoms with Gasteiger partial charge < -0.3 is 0 Å². The molecule has 0 aromatic carbocycles. The van der Waals surface area contributed by atoms with Crippen LogP contribution in [0.1, 0.15) is 35.9 Å². The van der Waals surface area contributed by atoms with Gasteiger partial charge in [-0.05, 0) is 26.8 Å². The van der Waals surface area contributed by atoms with Crippen molar-refractivity contribution in [3.05, 3.63) is 35.9 Å². The van der Waals surface area contributed by atoms with Crippen molar-refractivity contribution in [2.24, 2.45) is 0 Å². The summed E-state index contributed by atoms with van der Waals surface area (Å²) < 4.78 is 1.91. The van der Waals surface area contributed by atoms with E-state index in [2.05, 4.69) is 23.9 Å². The second kappa shape index (κ2) is 4.49. The van der Waals surface area contributed by atoms with Crippen LogP contribution in [0, 0.1) is 6.92 Å². The SMILES string of the molecule is Cc1nn(C(C)C)cc1-c1cncc(C=O)c1. The second-order valence-corrected chi connectivity index (χ2v) is 4.33. The lowest BCUT2D eigenvalue weighted by molar-refractivity contribution is 0.112. The average molecular weight is 229 g/mol. The van der Waals surface area contributed by atoms with E-state index in [-0.39, 0.29) is 0 Å². The summed E-state index contributed by atoms with van der Waals surface area (Å²) in [5.41, 5.74) is 3.48. The molecular formula is C13H15N3O. The molecule has 4 nitrogen and oxygen atoms in total. The maximum absolute atomic E-state index is 10.7. The Balaban J connectivity index is 2.48. The third-order valence-electron chi connectivity index (χ3n) is 2.65. The summed E-state index contributed by atoms with van der Waals surface area (Å²) in [6.45, 7) is 6.12. The summed E-state index contributed by atoms with van der Waals surface area (Å²) in [5.74, 6) is 0. The Morgan fingerprint density at radius 3 is 2.71 bits per heavy atom. The van der Waals surface area contributed by atoms with Gasteiger partial charge in [0.25, 0.3) is 0 Å². The normalized spacial score (nSPS) is 10.8. The Hall–Kier alpha value is -1.97. The van der Waals surface area contributed by atoms with Gasteiger partial charge in [-0.3, -0.25) is 14.5 Å². The van der Waals surface area contributed by atoms with Crippen LogP contribution in [-0.4, -0.2) is 21.1 Å². The molecule has 0 saturated carbocycles. The molecule has 0 aliphatic carbocycles. The molecule has 2 rings (SSSR count). The third-order valence-corrected chi connectivity index (χ3v) is 2.65. The first-order chi connectivity index (χ1) is 8.11. The molecule has 0 fully saturated rings. The lowest BCUT2D eigenvalue weighted by atomic mass is 10.1. The van der Waals surface area contributed by atoms with Crippen molar-refractivity contribution in [3.8, 4) is 11.1 Å². The monoisotopic (exact) mass is 229 g/mol. The van der Waals surface area contributed by atoms with Crippen molar-refractivity contribution >= 4 is 6.29 Å². The molecule has 88 valence electrons. The van der Waals surface area contributed by atoms with Crippen LogP contribution in [0.5, 0.6) is 0 Å². The minimum absolute atomic E-state index is 0.324. The molecule has 4 heteroatoms. The summed E-state index contributed by atoms with van der Waals surface area (Å²) in [6, 6.07) is 2.15. The first kappa shape index (κ1) is 11.5. The van der Waals surface area contributed by atoms with E-state index in [1.54, 1.807) is 12.4 Å². The van der Waals surface area contributed by atoms with Crippen molar-refractivity contribution in [1.82, 2.24) is 14.8 Å². The highest BCUT2D eigenvalue weighted by molar-refractivity contribution is 5.78. The van der Waals surface area contributed by atoms with Gasteiger partial charge in [-0.15, -0.1) is 0 Å². The fourth-order valence-corrected chi connectivity index (χ4v) is 1.70. The van der Waals surface area contributed by atoms with Crippen molar-refractivity contribution in [1.29, 1.82) is 0 Å². The molecule has 0 spiro atoms. The Morgan fingerprint density at radius 1 is 1.35 bits per heavy atom. The number of carbonyl (C=O) groups excluding carboxylic acids is 1. The first-order valence-electron chi connectivity index (χ1n) is 5.58. The molecular weight excluding hydrogens is 214 g/mol. The van der Waals surface area contributed by atoms with Crippen molar-refractivity contribution in [2.45, 2.75) is 26.8 Å². The highest BCUT2D eigenvalue weighted by Crippen LogP contribution is 2.23. The van der Waals surface area contributed by atoms with E-state index in [1.807, 2.05) is 23.9 Å². The van der Waals surface area contributed by atoms with E-state index in [0.717, 1.165) is 23.1 Å². The van der Waals surface area contributed by atoms with Crippen LogP contribution in [0.15, 0.2) is 24.7 Å².